The van der Waals surface area contributed by atoms with Crippen molar-refractivity contribution < 1.29 is 4.92 Å². The molecule has 0 bridgehead atoms. The van der Waals surface area contributed by atoms with Crippen molar-refractivity contribution in [2.24, 2.45) is 0 Å². The monoisotopic (exact) mass is 388 g/mol. The lowest BCUT2D eigenvalue weighted by Gasteiger charge is -2.35. The van der Waals surface area contributed by atoms with Gasteiger partial charge in [-0.3, -0.25) is 19.9 Å². The highest BCUT2D eigenvalue weighted by Gasteiger charge is 2.51. The Morgan fingerprint density at radius 1 is 1.00 bits per heavy atom. The summed E-state index contributed by atoms with van der Waals surface area (Å²) < 4.78 is 0. The first kappa shape index (κ1) is 17.2. The van der Waals surface area contributed by atoms with E-state index in [9.17, 15) is 10.1 Å². The predicted molar refractivity (Wildman–Crippen MR) is 112 cm³/mol. The van der Waals surface area contributed by atoms with Crippen molar-refractivity contribution >= 4 is 16.6 Å². The van der Waals surface area contributed by atoms with E-state index in [-0.39, 0.29) is 16.8 Å². The lowest BCUT2D eigenvalue weighted by Crippen LogP contribution is -2.38. The van der Waals surface area contributed by atoms with E-state index in [4.69, 9.17) is 0 Å². The van der Waals surface area contributed by atoms with E-state index < -0.39 is 0 Å². The molecule has 1 aromatic heterocycles. The Bertz CT molecular complexity index is 1090. The van der Waals surface area contributed by atoms with Gasteiger partial charge in [0.2, 0.25) is 0 Å². The molecule has 2 saturated heterocycles. The van der Waals surface area contributed by atoms with Gasteiger partial charge in [-0.15, -0.1) is 0 Å². The molecule has 6 rings (SSSR count). The highest BCUT2D eigenvalue weighted by Crippen LogP contribution is 2.51. The maximum absolute atomic E-state index is 11.1. The maximum Gasteiger partial charge on any atom is 0.269 e. The summed E-state index contributed by atoms with van der Waals surface area (Å²) in [5.74, 6) is 0. The Kier molecular flexibility index (Phi) is 3.79. The standard InChI is InChI=1S/C23H24N4O2/c28-27(29)16-10-8-15(9-11-16)23-25-13-4-3-7-20(25)22-21-18(12-14-26(22)23)17-5-1-2-6-19(17)24-21/h1-2,5-6,8-11,20,22-24H,3-4,7,12-14H2/t20?,22-,23?/m1/s1. The van der Waals surface area contributed by atoms with E-state index in [1.54, 1.807) is 12.1 Å². The third-order valence-electron chi connectivity index (χ3n) is 7.11. The summed E-state index contributed by atoms with van der Waals surface area (Å²) in [6.45, 7) is 2.11. The van der Waals surface area contributed by atoms with E-state index in [2.05, 4.69) is 39.0 Å². The molecule has 6 nitrogen and oxygen atoms in total. The van der Waals surface area contributed by atoms with E-state index in [1.807, 2.05) is 12.1 Å². The second-order valence-corrected chi connectivity index (χ2v) is 8.52. The maximum atomic E-state index is 11.1. The fourth-order valence-electron chi connectivity index (χ4n) is 5.94. The molecule has 0 amide bonds. The van der Waals surface area contributed by atoms with Crippen molar-refractivity contribution in [3.05, 3.63) is 75.5 Å². The molecule has 0 aliphatic carbocycles. The molecule has 2 unspecified atom stereocenters. The molecule has 2 fully saturated rings. The summed E-state index contributed by atoms with van der Waals surface area (Å²) >= 11 is 0. The topological polar surface area (TPSA) is 65.4 Å². The Hall–Kier alpha value is -2.70. The summed E-state index contributed by atoms with van der Waals surface area (Å²) in [5.41, 5.74) is 5.44. The minimum atomic E-state index is -0.317. The second-order valence-electron chi connectivity index (χ2n) is 8.52. The number of para-hydroxylation sites is 1. The van der Waals surface area contributed by atoms with Crippen LogP contribution in [-0.2, 0) is 6.42 Å². The number of fused-ring (bicyclic) bond motifs is 7. The van der Waals surface area contributed by atoms with Crippen LogP contribution >= 0.6 is 0 Å². The summed E-state index contributed by atoms with van der Waals surface area (Å²) in [7, 11) is 0. The number of rotatable bonds is 2. The van der Waals surface area contributed by atoms with Gasteiger partial charge in [0.1, 0.15) is 0 Å². The van der Waals surface area contributed by atoms with Gasteiger partial charge < -0.3 is 4.98 Å². The number of non-ortho nitro benzene ring substituents is 1. The number of benzene rings is 2. The zero-order valence-corrected chi connectivity index (χ0v) is 16.3. The fourth-order valence-corrected chi connectivity index (χ4v) is 5.94. The van der Waals surface area contributed by atoms with Crippen molar-refractivity contribution in [1.82, 2.24) is 14.8 Å². The van der Waals surface area contributed by atoms with Crippen LogP contribution in [-0.4, -0.2) is 38.8 Å². The highest BCUT2D eigenvalue weighted by molar-refractivity contribution is 5.85. The summed E-state index contributed by atoms with van der Waals surface area (Å²) in [6.07, 6.45) is 4.94. The summed E-state index contributed by atoms with van der Waals surface area (Å²) in [4.78, 5) is 19.8. The molecule has 0 spiro atoms. The first-order valence-corrected chi connectivity index (χ1v) is 10.6. The zero-order valence-electron chi connectivity index (χ0n) is 16.3. The Morgan fingerprint density at radius 2 is 1.83 bits per heavy atom. The van der Waals surface area contributed by atoms with E-state index in [0.29, 0.717) is 12.1 Å². The number of hydrogen-bond donors (Lipinski definition) is 1. The molecule has 3 atom stereocenters. The number of nitro groups is 1. The molecular formula is C23H24N4O2. The smallest absolute Gasteiger partial charge is 0.269 e. The van der Waals surface area contributed by atoms with Gasteiger partial charge in [-0.25, -0.2) is 0 Å². The minimum Gasteiger partial charge on any atom is -0.357 e. The second kappa shape index (κ2) is 6.40. The molecule has 4 heterocycles. The molecule has 148 valence electrons. The van der Waals surface area contributed by atoms with Gasteiger partial charge in [0.25, 0.3) is 5.69 Å². The third kappa shape index (κ3) is 2.49. The number of H-pyrrole nitrogens is 1. The average Bonchev–Trinajstić information content (AvgIpc) is 3.29. The lowest BCUT2D eigenvalue weighted by molar-refractivity contribution is -0.384. The SMILES string of the molecule is O=[N+]([O-])c1ccc(C2N3CCCCC3[C@@H]3c4[nH]c5ccccc5c4CCN23)cc1. The summed E-state index contributed by atoms with van der Waals surface area (Å²) in [6, 6.07) is 16.7. The number of piperidine rings is 1. The number of nitro benzene ring substituents is 1. The van der Waals surface area contributed by atoms with Gasteiger partial charge in [0.15, 0.2) is 0 Å². The van der Waals surface area contributed by atoms with Crippen molar-refractivity contribution in [1.29, 1.82) is 0 Å². The van der Waals surface area contributed by atoms with E-state index >= 15 is 0 Å². The average molecular weight is 388 g/mol. The number of aromatic nitrogens is 1. The van der Waals surface area contributed by atoms with Gasteiger partial charge >= 0.3 is 0 Å². The lowest BCUT2D eigenvalue weighted by atomic mass is 9.90. The van der Waals surface area contributed by atoms with Gasteiger partial charge in [-0.2, -0.15) is 0 Å². The first-order chi connectivity index (χ1) is 14.2. The van der Waals surface area contributed by atoms with Crippen molar-refractivity contribution in [2.75, 3.05) is 13.1 Å². The molecule has 0 saturated carbocycles. The third-order valence-corrected chi connectivity index (χ3v) is 7.11. The normalized spacial score (nSPS) is 26.8. The molecular weight excluding hydrogens is 364 g/mol. The van der Waals surface area contributed by atoms with E-state index in [0.717, 1.165) is 19.5 Å². The van der Waals surface area contributed by atoms with Crippen molar-refractivity contribution in [3.8, 4) is 0 Å². The number of aromatic amines is 1. The molecule has 3 aliphatic heterocycles. The van der Waals surface area contributed by atoms with Gasteiger partial charge in [0.05, 0.1) is 17.1 Å². The summed E-state index contributed by atoms with van der Waals surface area (Å²) in [5, 5.41) is 12.5. The highest BCUT2D eigenvalue weighted by atomic mass is 16.6. The molecule has 3 aliphatic rings. The minimum absolute atomic E-state index is 0.162. The quantitative estimate of drug-likeness (QED) is 0.517. The van der Waals surface area contributed by atoms with E-state index in [1.165, 1.54) is 47.0 Å². The number of nitrogens with zero attached hydrogens (tertiary/aromatic N) is 3. The van der Waals surface area contributed by atoms with Crippen LogP contribution in [0, 0.1) is 10.1 Å². The van der Waals surface area contributed by atoms with Gasteiger partial charge in [-0.05, 0) is 48.6 Å². The molecule has 3 aromatic rings. The zero-order chi connectivity index (χ0) is 19.5. The molecule has 1 N–H and O–H groups in total. The molecule has 6 heteroatoms. The molecule has 0 radical (unpaired) electrons. The molecule has 29 heavy (non-hydrogen) atoms. The van der Waals surface area contributed by atoms with Gasteiger partial charge in [-0.1, -0.05) is 24.6 Å². The molecule has 2 aromatic carbocycles. The van der Waals surface area contributed by atoms with Crippen LogP contribution in [0.3, 0.4) is 0 Å². The first-order valence-electron chi connectivity index (χ1n) is 10.6. The van der Waals surface area contributed by atoms with Crippen LogP contribution in [0.15, 0.2) is 48.5 Å². The largest absolute Gasteiger partial charge is 0.357 e. The van der Waals surface area contributed by atoms with Crippen LogP contribution in [0.2, 0.25) is 0 Å². The number of hydrogen-bond acceptors (Lipinski definition) is 4. The number of nitrogens with one attached hydrogen (secondary N) is 1. The Labute approximate surface area is 169 Å². The van der Waals surface area contributed by atoms with Gasteiger partial charge in [0, 0.05) is 47.9 Å². The Morgan fingerprint density at radius 3 is 2.66 bits per heavy atom. The predicted octanol–water partition coefficient (Wildman–Crippen LogP) is 4.54. The Balaban J connectivity index is 1.46. The van der Waals surface area contributed by atoms with Crippen molar-refractivity contribution in [3.63, 3.8) is 0 Å². The van der Waals surface area contributed by atoms with Crippen LogP contribution < -0.4 is 0 Å². The van der Waals surface area contributed by atoms with Crippen molar-refractivity contribution in [2.45, 2.75) is 43.9 Å². The van der Waals surface area contributed by atoms with Crippen LogP contribution in [0.5, 0.6) is 0 Å². The van der Waals surface area contributed by atoms with Crippen LogP contribution in [0.25, 0.3) is 10.9 Å². The van der Waals surface area contributed by atoms with Crippen LogP contribution in [0.1, 0.15) is 48.3 Å². The van der Waals surface area contributed by atoms with Crippen LogP contribution in [0.4, 0.5) is 5.69 Å². The fraction of sp³-hybridized carbons (Fsp3) is 0.391.